The fourth-order valence-electron chi connectivity index (χ4n) is 3.64. The number of anilines is 1. The molecule has 0 saturated carbocycles. The first-order valence-corrected chi connectivity index (χ1v) is 9.42. The molecule has 2 amide bonds. The fraction of sp³-hybridized carbons (Fsp3) is 0.579. The second-order valence-electron chi connectivity index (χ2n) is 7.50. The average Bonchev–Trinajstić information content (AvgIpc) is 3.02. The molecule has 1 unspecified atom stereocenters. The second-order valence-corrected chi connectivity index (χ2v) is 7.94. The van der Waals surface area contributed by atoms with Crippen LogP contribution in [0.4, 0.5) is 5.69 Å². The van der Waals surface area contributed by atoms with E-state index in [0.717, 1.165) is 25.9 Å². The molecule has 142 valence electrons. The van der Waals surface area contributed by atoms with E-state index in [1.807, 2.05) is 0 Å². The van der Waals surface area contributed by atoms with Crippen molar-refractivity contribution in [1.29, 1.82) is 0 Å². The van der Waals surface area contributed by atoms with E-state index in [-0.39, 0.29) is 29.6 Å². The van der Waals surface area contributed by atoms with Gasteiger partial charge in [0.2, 0.25) is 11.8 Å². The number of rotatable bonds is 5. The van der Waals surface area contributed by atoms with Crippen molar-refractivity contribution < 1.29 is 14.3 Å². The smallest absolute Gasteiger partial charge is 0.227 e. The van der Waals surface area contributed by atoms with E-state index in [4.69, 9.17) is 16.3 Å². The molecule has 0 spiro atoms. The topological polar surface area (TPSA) is 70.7 Å². The Hall–Kier alpha value is -1.79. The highest BCUT2D eigenvalue weighted by Gasteiger charge is 2.37. The van der Waals surface area contributed by atoms with Crippen molar-refractivity contribution in [3.63, 3.8) is 0 Å². The Kier molecular flexibility index (Phi) is 5.73. The zero-order valence-electron chi connectivity index (χ0n) is 15.3. The van der Waals surface area contributed by atoms with E-state index in [2.05, 4.69) is 17.6 Å². The molecule has 2 heterocycles. The Bertz CT molecular complexity index is 689. The maximum absolute atomic E-state index is 12.6. The Morgan fingerprint density at radius 1 is 1.42 bits per heavy atom. The maximum atomic E-state index is 12.6. The first-order chi connectivity index (χ1) is 12.4. The van der Waals surface area contributed by atoms with Gasteiger partial charge in [-0.15, -0.1) is 0 Å². The standard InChI is InChI=1S/C19H26ClN3O3/c1-19(5-7-21-8-6-19)12-22-18(25)13-9-17(24)23(11-13)15-10-14(20)3-4-16(15)26-2/h3-4,10,13,21H,5-9,11-12H2,1-2H3,(H,22,25). The van der Waals surface area contributed by atoms with Gasteiger partial charge in [0.05, 0.1) is 18.7 Å². The molecular weight excluding hydrogens is 354 g/mol. The summed E-state index contributed by atoms with van der Waals surface area (Å²) in [7, 11) is 1.55. The Morgan fingerprint density at radius 2 is 2.15 bits per heavy atom. The van der Waals surface area contributed by atoms with Gasteiger partial charge in [-0.25, -0.2) is 0 Å². The molecule has 1 atom stereocenters. The first kappa shape index (κ1) is 19.0. The number of hydrogen-bond acceptors (Lipinski definition) is 4. The van der Waals surface area contributed by atoms with Crippen molar-refractivity contribution in [3.8, 4) is 5.75 Å². The summed E-state index contributed by atoms with van der Waals surface area (Å²) in [6.45, 7) is 5.17. The molecule has 0 aromatic heterocycles. The van der Waals surface area contributed by atoms with Crippen LogP contribution in [0.3, 0.4) is 0 Å². The Labute approximate surface area is 159 Å². The van der Waals surface area contributed by atoms with E-state index < -0.39 is 0 Å². The van der Waals surface area contributed by atoms with Crippen LogP contribution in [0.15, 0.2) is 18.2 Å². The number of ether oxygens (including phenoxy) is 1. The fourth-order valence-corrected chi connectivity index (χ4v) is 3.81. The Morgan fingerprint density at radius 3 is 2.85 bits per heavy atom. The van der Waals surface area contributed by atoms with Crippen molar-refractivity contribution in [2.45, 2.75) is 26.2 Å². The molecule has 6 nitrogen and oxygen atoms in total. The van der Waals surface area contributed by atoms with Gasteiger partial charge in [-0.05, 0) is 49.5 Å². The highest BCUT2D eigenvalue weighted by molar-refractivity contribution is 6.31. The molecule has 1 aromatic rings. The molecular formula is C19H26ClN3O3. The van der Waals surface area contributed by atoms with Gasteiger partial charge < -0.3 is 20.3 Å². The zero-order valence-corrected chi connectivity index (χ0v) is 16.1. The zero-order chi connectivity index (χ0) is 18.7. The molecule has 26 heavy (non-hydrogen) atoms. The predicted molar refractivity (Wildman–Crippen MR) is 102 cm³/mol. The summed E-state index contributed by atoms with van der Waals surface area (Å²) in [4.78, 5) is 26.7. The molecule has 2 saturated heterocycles. The SMILES string of the molecule is COc1ccc(Cl)cc1N1CC(C(=O)NCC2(C)CCNCC2)CC1=O. The number of benzene rings is 1. The van der Waals surface area contributed by atoms with Crippen LogP contribution >= 0.6 is 11.6 Å². The van der Waals surface area contributed by atoms with Gasteiger partial charge in [-0.3, -0.25) is 9.59 Å². The third-order valence-electron chi connectivity index (χ3n) is 5.43. The minimum atomic E-state index is -0.350. The molecule has 0 radical (unpaired) electrons. The van der Waals surface area contributed by atoms with E-state index >= 15 is 0 Å². The van der Waals surface area contributed by atoms with Crippen LogP contribution in [-0.2, 0) is 9.59 Å². The molecule has 2 aliphatic rings. The van der Waals surface area contributed by atoms with Crippen molar-refractivity contribution in [2.75, 3.05) is 38.2 Å². The quantitative estimate of drug-likeness (QED) is 0.822. The van der Waals surface area contributed by atoms with Crippen molar-refractivity contribution in [3.05, 3.63) is 23.2 Å². The summed E-state index contributed by atoms with van der Waals surface area (Å²) in [6, 6.07) is 5.15. The number of halogens is 1. The van der Waals surface area contributed by atoms with E-state index in [0.29, 0.717) is 29.5 Å². The third kappa shape index (κ3) is 4.13. The summed E-state index contributed by atoms with van der Waals surface area (Å²) in [5.41, 5.74) is 0.741. The van der Waals surface area contributed by atoms with Crippen LogP contribution in [0.1, 0.15) is 26.2 Å². The van der Waals surface area contributed by atoms with Crippen molar-refractivity contribution in [1.82, 2.24) is 10.6 Å². The van der Waals surface area contributed by atoms with Crippen molar-refractivity contribution in [2.24, 2.45) is 11.3 Å². The molecule has 0 aliphatic carbocycles. The minimum absolute atomic E-state index is 0.0541. The van der Waals surface area contributed by atoms with E-state index in [1.54, 1.807) is 30.2 Å². The number of piperidine rings is 1. The number of carbonyl (C=O) groups is 2. The van der Waals surface area contributed by atoms with Crippen molar-refractivity contribution >= 4 is 29.1 Å². The second kappa shape index (κ2) is 7.84. The van der Waals surface area contributed by atoms with E-state index in [1.165, 1.54) is 0 Å². The van der Waals surface area contributed by atoms with Gasteiger partial charge in [0.1, 0.15) is 5.75 Å². The number of nitrogens with one attached hydrogen (secondary N) is 2. The molecule has 7 heteroatoms. The summed E-state index contributed by atoms with van der Waals surface area (Å²) >= 11 is 6.07. The van der Waals surface area contributed by atoms with Gasteiger partial charge in [0.25, 0.3) is 0 Å². The lowest BCUT2D eigenvalue weighted by Crippen LogP contribution is -2.44. The van der Waals surface area contributed by atoms with Crippen LogP contribution in [0, 0.1) is 11.3 Å². The van der Waals surface area contributed by atoms with Crippen LogP contribution in [0.5, 0.6) is 5.75 Å². The number of methoxy groups -OCH3 is 1. The monoisotopic (exact) mass is 379 g/mol. The minimum Gasteiger partial charge on any atom is -0.495 e. The van der Waals surface area contributed by atoms with Crippen LogP contribution in [0.2, 0.25) is 5.02 Å². The van der Waals surface area contributed by atoms with Gasteiger partial charge in [-0.2, -0.15) is 0 Å². The molecule has 3 rings (SSSR count). The van der Waals surface area contributed by atoms with Gasteiger partial charge in [0.15, 0.2) is 0 Å². The molecule has 2 fully saturated rings. The summed E-state index contributed by atoms with van der Waals surface area (Å²) < 4.78 is 5.34. The van der Waals surface area contributed by atoms with Crippen LogP contribution in [-0.4, -0.2) is 45.1 Å². The highest BCUT2D eigenvalue weighted by Crippen LogP contribution is 2.35. The first-order valence-electron chi connectivity index (χ1n) is 9.04. The molecule has 1 aromatic carbocycles. The van der Waals surface area contributed by atoms with Gasteiger partial charge >= 0.3 is 0 Å². The number of amides is 2. The summed E-state index contributed by atoms with van der Waals surface area (Å²) in [5.74, 6) is 0.0860. The van der Waals surface area contributed by atoms with Crippen LogP contribution < -0.4 is 20.3 Å². The lowest BCUT2D eigenvalue weighted by molar-refractivity contribution is -0.126. The lowest BCUT2D eigenvalue weighted by atomic mass is 9.81. The molecule has 2 N–H and O–H groups in total. The van der Waals surface area contributed by atoms with Crippen LogP contribution in [0.25, 0.3) is 0 Å². The largest absolute Gasteiger partial charge is 0.495 e. The Balaban J connectivity index is 1.64. The number of nitrogens with zero attached hydrogens (tertiary/aromatic N) is 1. The number of carbonyl (C=O) groups excluding carboxylic acids is 2. The van der Waals surface area contributed by atoms with Gasteiger partial charge in [0, 0.05) is 24.5 Å². The normalized spacial score (nSPS) is 22.3. The average molecular weight is 380 g/mol. The summed E-state index contributed by atoms with van der Waals surface area (Å²) in [6.07, 6.45) is 2.30. The molecule has 2 aliphatic heterocycles. The van der Waals surface area contributed by atoms with Gasteiger partial charge in [-0.1, -0.05) is 18.5 Å². The lowest BCUT2D eigenvalue weighted by Gasteiger charge is -2.34. The maximum Gasteiger partial charge on any atom is 0.227 e. The van der Waals surface area contributed by atoms with E-state index in [9.17, 15) is 9.59 Å². The molecule has 0 bridgehead atoms. The highest BCUT2D eigenvalue weighted by atomic mass is 35.5. The third-order valence-corrected chi connectivity index (χ3v) is 5.66. The number of hydrogen-bond donors (Lipinski definition) is 2. The predicted octanol–water partition coefficient (Wildman–Crippen LogP) is 2.21. The summed E-state index contributed by atoms with van der Waals surface area (Å²) in [5, 5.41) is 6.93.